The van der Waals surface area contributed by atoms with Crippen molar-refractivity contribution >= 4 is 0 Å². The zero-order chi connectivity index (χ0) is 22.9. The summed E-state index contributed by atoms with van der Waals surface area (Å²) in [5.41, 5.74) is 0.812. The molecule has 1 saturated carbocycles. The van der Waals surface area contributed by atoms with Gasteiger partial charge in [-0.3, -0.25) is 0 Å². The van der Waals surface area contributed by atoms with E-state index in [1.165, 1.54) is 32.4 Å². The number of oxazole rings is 1. The highest BCUT2D eigenvalue weighted by molar-refractivity contribution is 5.30. The number of hydrogen-bond acceptors (Lipinski definition) is 4. The van der Waals surface area contributed by atoms with E-state index in [-0.39, 0.29) is 5.92 Å². The molecule has 2 atom stereocenters. The third-order valence-electron chi connectivity index (χ3n) is 8.37. The van der Waals surface area contributed by atoms with Gasteiger partial charge in [0.15, 0.2) is 11.4 Å². The Morgan fingerprint density at radius 2 is 1.88 bits per heavy atom. The van der Waals surface area contributed by atoms with Gasteiger partial charge in [-0.2, -0.15) is 0 Å². The van der Waals surface area contributed by atoms with Crippen LogP contribution in [0, 0.1) is 11.8 Å². The predicted octanol–water partition coefficient (Wildman–Crippen LogP) is 5.19. The molecule has 4 fully saturated rings. The van der Waals surface area contributed by atoms with Crippen LogP contribution in [0.4, 0.5) is 0 Å². The summed E-state index contributed by atoms with van der Waals surface area (Å²) in [7, 11) is 0. The number of rotatable bonds is 8. The highest BCUT2D eigenvalue weighted by atomic mass is 16.5. The van der Waals surface area contributed by atoms with Gasteiger partial charge in [0.05, 0.1) is 25.9 Å². The van der Waals surface area contributed by atoms with Crippen molar-refractivity contribution in [2.24, 2.45) is 11.8 Å². The number of nitrogens with zero attached hydrogens (tertiary/aromatic N) is 2. The fourth-order valence-electron chi connectivity index (χ4n) is 6.52. The zero-order valence-electron chi connectivity index (χ0n) is 20.0. The van der Waals surface area contributed by atoms with Crippen molar-refractivity contribution in [2.45, 2.75) is 70.1 Å². The second-order valence-electron chi connectivity index (χ2n) is 10.9. The van der Waals surface area contributed by atoms with Gasteiger partial charge in [-0.1, -0.05) is 61.7 Å². The highest BCUT2D eigenvalue weighted by Gasteiger charge is 2.48. The fourth-order valence-corrected chi connectivity index (χ4v) is 6.52. The first-order chi connectivity index (χ1) is 16.0. The van der Waals surface area contributed by atoms with E-state index in [0.29, 0.717) is 24.5 Å². The van der Waals surface area contributed by atoms with Crippen LogP contribution in [0.5, 0.6) is 0 Å². The SMILES string of the molecule is C=C(C)CO[C@H]1C[N+]2(Cc3cnc([C@](O)(c4ccccc4)C4CCCCC4)o3)CCC1CC2. The first-order valence-corrected chi connectivity index (χ1v) is 12.8. The minimum absolute atomic E-state index is 0.137. The number of piperidine rings is 3. The minimum atomic E-state index is -1.16. The van der Waals surface area contributed by atoms with E-state index in [1.54, 1.807) is 0 Å². The van der Waals surface area contributed by atoms with E-state index in [0.717, 1.165) is 60.2 Å². The molecule has 1 aliphatic carbocycles. The second-order valence-corrected chi connectivity index (χ2v) is 10.9. The lowest BCUT2D eigenvalue weighted by atomic mass is 9.73. The lowest BCUT2D eigenvalue weighted by Gasteiger charge is -2.52. The summed E-state index contributed by atoms with van der Waals surface area (Å²) >= 11 is 0. The molecule has 3 saturated heterocycles. The average molecular weight is 452 g/mol. The number of aliphatic hydroxyl groups is 1. The van der Waals surface area contributed by atoms with Crippen LogP contribution in [0.1, 0.15) is 69.1 Å². The van der Waals surface area contributed by atoms with Gasteiger partial charge in [-0.15, -0.1) is 0 Å². The molecule has 0 radical (unpaired) electrons. The Hall–Kier alpha value is -1.95. The largest absolute Gasteiger partial charge is 0.436 e. The molecule has 4 aliphatic rings. The molecule has 6 rings (SSSR count). The van der Waals surface area contributed by atoms with E-state index in [1.807, 2.05) is 43.5 Å². The van der Waals surface area contributed by atoms with Gasteiger partial charge < -0.3 is 18.7 Å². The maximum atomic E-state index is 12.1. The third kappa shape index (κ3) is 4.55. The van der Waals surface area contributed by atoms with Gasteiger partial charge in [0, 0.05) is 24.7 Å². The molecule has 178 valence electrons. The Kier molecular flexibility index (Phi) is 6.47. The Labute approximate surface area is 198 Å². The average Bonchev–Trinajstić information content (AvgIpc) is 3.32. The normalized spacial score (nSPS) is 29.6. The number of hydrogen-bond donors (Lipinski definition) is 1. The zero-order valence-corrected chi connectivity index (χ0v) is 20.0. The maximum absolute atomic E-state index is 12.1. The molecule has 5 heteroatoms. The van der Waals surface area contributed by atoms with Crippen LogP contribution in [-0.2, 0) is 16.9 Å². The molecule has 3 aliphatic heterocycles. The van der Waals surface area contributed by atoms with Gasteiger partial charge in [0.25, 0.3) is 0 Å². The fraction of sp³-hybridized carbons (Fsp3) is 0.607. The Bertz CT molecular complexity index is 941. The van der Waals surface area contributed by atoms with Gasteiger partial charge in [0.2, 0.25) is 5.89 Å². The number of ether oxygens (including phenoxy) is 1. The molecule has 1 aromatic carbocycles. The number of benzene rings is 1. The molecule has 0 amide bonds. The Balaban J connectivity index is 1.38. The summed E-state index contributed by atoms with van der Waals surface area (Å²) in [5.74, 6) is 2.16. The molecule has 1 N–H and O–H groups in total. The molecule has 1 aromatic heterocycles. The molecule has 4 heterocycles. The summed E-state index contributed by atoms with van der Waals surface area (Å²) in [6.45, 7) is 10.9. The van der Waals surface area contributed by atoms with E-state index in [4.69, 9.17) is 14.1 Å². The molecule has 2 bridgehead atoms. The molecule has 5 nitrogen and oxygen atoms in total. The molecular weight excluding hydrogens is 412 g/mol. The standard InChI is InChI=1S/C28H39N2O3/c1-21(2)20-32-26-19-30(15-13-22(26)14-16-30)18-25-17-29-27(33-25)28(31,23-9-5-3-6-10-23)24-11-7-4-8-12-24/h3,5-6,9-10,17,22,24,26,31H,1,4,7-8,11-16,18-20H2,2H3/q+1/t22?,26-,28-,30?/m0/s1. The van der Waals surface area contributed by atoms with Crippen molar-refractivity contribution in [3.05, 3.63) is 65.9 Å². The van der Waals surface area contributed by atoms with Crippen molar-refractivity contribution in [3.63, 3.8) is 0 Å². The number of fused-ring (bicyclic) bond motifs is 3. The summed E-state index contributed by atoms with van der Waals surface area (Å²) in [6.07, 6.45) is 10.1. The van der Waals surface area contributed by atoms with Gasteiger partial charge in [0.1, 0.15) is 19.2 Å². The van der Waals surface area contributed by atoms with E-state index in [9.17, 15) is 5.11 Å². The number of quaternary nitrogens is 1. The second kappa shape index (κ2) is 9.36. The summed E-state index contributed by atoms with van der Waals surface area (Å²) in [6, 6.07) is 10.0. The topological polar surface area (TPSA) is 55.5 Å². The smallest absolute Gasteiger partial charge is 0.231 e. The number of aromatic nitrogens is 1. The Morgan fingerprint density at radius 1 is 1.15 bits per heavy atom. The lowest BCUT2D eigenvalue weighted by molar-refractivity contribution is -0.959. The first-order valence-electron chi connectivity index (χ1n) is 12.8. The summed E-state index contributed by atoms with van der Waals surface area (Å²) < 4.78 is 13.6. The summed E-state index contributed by atoms with van der Waals surface area (Å²) in [4.78, 5) is 4.69. The molecule has 2 aromatic rings. The molecule has 0 spiro atoms. The first kappa shape index (κ1) is 22.8. The van der Waals surface area contributed by atoms with E-state index >= 15 is 0 Å². The van der Waals surface area contributed by atoms with Crippen LogP contribution in [0.15, 0.2) is 53.1 Å². The van der Waals surface area contributed by atoms with Crippen LogP contribution >= 0.6 is 0 Å². The van der Waals surface area contributed by atoms with Crippen LogP contribution in [-0.4, -0.2) is 46.9 Å². The van der Waals surface area contributed by atoms with Crippen molar-refractivity contribution < 1.29 is 18.7 Å². The predicted molar refractivity (Wildman–Crippen MR) is 128 cm³/mol. The lowest BCUT2D eigenvalue weighted by Crippen LogP contribution is -2.63. The Morgan fingerprint density at radius 3 is 2.58 bits per heavy atom. The van der Waals surface area contributed by atoms with Gasteiger partial charge >= 0.3 is 0 Å². The van der Waals surface area contributed by atoms with Gasteiger partial charge in [-0.05, 0) is 25.3 Å². The van der Waals surface area contributed by atoms with Crippen molar-refractivity contribution in [1.82, 2.24) is 4.98 Å². The highest BCUT2D eigenvalue weighted by Crippen LogP contribution is 2.44. The monoisotopic (exact) mass is 451 g/mol. The van der Waals surface area contributed by atoms with E-state index in [2.05, 4.69) is 6.58 Å². The molecule has 33 heavy (non-hydrogen) atoms. The minimum Gasteiger partial charge on any atom is -0.436 e. The summed E-state index contributed by atoms with van der Waals surface area (Å²) in [5, 5.41) is 12.1. The van der Waals surface area contributed by atoms with Crippen LogP contribution in [0.3, 0.4) is 0 Å². The third-order valence-corrected chi connectivity index (χ3v) is 8.37. The van der Waals surface area contributed by atoms with Crippen molar-refractivity contribution in [3.8, 4) is 0 Å². The van der Waals surface area contributed by atoms with Crippen LogP contribution in [0.2, 0.25) is 0 Å². The van der Waals surface area contributed by atoms with Crippen LogP contribution in [0.25, 0.3) is 0 Å². The van der Waals surface area contributed by atoms with E-state index < -0.39 is 5.60 Å². The molecular formula is C28H39N2O3+. The van der Waals surface area contributed by atoms with Crippen molar-refractivity contribution in [2.75, 3.05) is 26.2 Å². The van der Waals surface area contributed by atoms with Gasteiger partial charge in [-0.25, -0.2) is 4.98 Å². The quantitative estimate of drug-likeness (QED) is 0.443. The maximum Gasteiger partial charge on any atom is 0.231 e. The van der Waals surface area contributed by atoms with Crippen LogP contribution < -0.4 is 0 Å². The van der Waals surface area contributed by atoms with Crippen molar-refractivity contribution in [1.29, 1.82) is 0 Å². The molecule has 0 unspecified atom stereocenters.